The van der Waals surface area contributed by atoms with Crippen molar-refractivity contribution >= 4 is 11.8 Å². The molecule has 2 aliphatic rings. The van der Waals surface area contributed by atoms with Crippen LogP contribution in [-0.4, -0.2) is 55.7 Å². The van der Waals surface area contributed by atoms with Gasteiger partial charge in [-0.1, -0.05) is 32.0 Å². The van der Waals surface area contributed by atoms with E-state index in [0.717, 1.165) is 30.6 Å². The van der Waals surface area contributed by atoms with Crippen molar-refractivity contribution in [1.29, 1.82) is 0 Å². The largest absolute Gasteiger partial charge is 0.487 e. The number of piperidine rings is 1. The minimum absolute atomic E-state index is 0.0261. The third-order valence-corrected chi connectivity index (χ3v) is 5.74. The zero-order valence-corrected chi connectivity index (χ0v) is 17.2. The molecule has 0 radical (unpaired) electrons. The molecule has 1 aromatic rings. The fraction of sp³-hybridized carbons (Fsp3) is 0.636. The Morgan fingerprint density at radius 3 is 2.68 bits per heavy atom. The Morgan fingerprint density at radius 2 is 2.00 bits per heavy atom. The van der Waals surface area contributed by atoms with Gasteiger partial charge in [0.05, 0.1) is 0 Å². The number of hydrogen-bond donors (Lipinski definition) is 1. The van der Waals surface area contributed by atoms with Gasteiger partial charge in [-0.25, -0.2) is 0 Å². The van der Waals surface area contributed by atoms with Crippen molar-refractivity contribution < 1.29 is 19.1 Å². The molecular weight excluding hydrogens is 356 g/mol. The number of likely N-dealkylation sites (tertiary alicyclic amines) is 1. The first-order chi connectivity index (χ1) is 13.4. The van der Waals surface area contributed by atoms with Gasteiger partial charge < -0.3 is 19.7 Å². The van der Waals surface area contributed by atoms with Gasteiger partial charge in [0, 0.05) is 51.9 Å². The van der Waals surface area contributed by atoms with E-state index in [4.69, 9.17) is 9.47 Å². The van der Waals surface area contributed by atoms with Gasteiger partial charge in [-0.3, -0.25) is 9.59 Å². The molecule has 1 aromatic carbocycles. The highest BCUT2D eigenvalue weighted by Gasteiger charge is 2.44. The molecule has 1 spiro atoms. The Morgan fingerprint density at radius 1 is 1.29 bits per heavy atom. The van der Waals surface area contributed by atoms with Crippen LogP contribution in [0.15, 0.2) is 24.3 Å². The van der Waals surface area contributed by atoms with Crippen molar-refractivity contribution in [2.24, 2.45) is 5.92 Å². The van der Waals surface area contributed by atoms with Gasteiger partial charge in [0.2, 0.25) is 11.8 Å². The van der Waals surface area contributed by atoms with Gasteiger partial charge in [-0.2, -0.15) is 0 Å². The van der Waals surface area contributed by atoms with E-state index in [1.54, 1.807) is 7.11 Å². The molecule has 6 nitrogen and oxygen atoms in total. The summed E-state index contributed by atoms with van der Waals surface area (Å²) in [6.07, 6.45) is 2.84. The van der Waals surface area contributed by atoms with Crippen molar-refractivity contribution in [2.45, 2.75) is 51.0 Å². The second kappa shape index (κ2) is 8.95. The molecule has 0 unspecified atom stereocenters. The number of rotatable bonds is 6. The molecular formula is C22H32N2O4. The number of nitrogens with one attached hydrogen (secondary N) is 1. The molecule has 0 aliphatic carbocycles. The SMILES string of the molecule is COCC(=O)N1CCC2(CC1)C[C@@H](CC(=O)NCC(C)C)c1ccccc1O2. The molecule has 0 saturated carbocycles. The van der Waals surface area contributed by atoms with Crippen LogP contribution in [0.5, 0.6) is 5.75 Å². The summed E-state index contributed by atoms with van der Waals surface area (Å²) in [7, 11) is 1.54. The summed E-state index contributed by atoms with van der Waals surface area (Å²) in [5.41, 5.74) is 0.812. The summed E-state index contributed by atoms with van der Waals surface area (Å²) in [6, 6.07) is 8.05. The standard InChI is InChI=1S/C22H32N2O4/c1-16(2)14-23-20(25)12-17-13-22(28-19-7-5-4-6-18(17)19)8-10-24(11-9-22)21(26)15-27-3/h4-7,16-17H,8-15H2,1-3H3,(H,23,25)/t17-/m1/s1. The summed E-state index contributed by atoms with van der Waals surface area (Å²) in [5.74, 6) is 1.58. The van der Waals surface area contributed by atoms with Gasteiger partial charge in [-0.05, 0) is 24.0 Å². The first kappa shape index (κ1) is 20.6. The van der Waals surface area contributed by atoms with Crippen LogP contribution >= 0.6 is 0 Å². The molecule has 3 rings (SSSR count). The molecule has 2 heterocycles. The van der Waals surface area contributed by atoms with E-state index >= 15 is 0 Å². The summed E-state index contributed by atoms with van der Waals surface area (Å²) in [5, 5.41) is 3.04. The van der Waals surface area contributed by atoms with Crippen LogP contribution in [0.1, 0.15) is 51.0 Å². The van der Waals surface area contributed by atoms with E-state index in [1.807, 2.05) is 23.1 Å². The van der Waals surface area contributed by atoms with Gasteiger partial charge in [0.15, 0.2) is 0 Å². The van der Waals surface area contributed by atoms with Crippen molar-refractivity contribution in [3.8, 4) is 5.75 Å². The number of para-hydroxylation sites is 1. The molecule has 1 atom stereocenters. The van der Waals surface area contributed by atoms with Crippen LogP contribution < -0.4 is 10.1 Å². The second-order valence-electron chi connectivity index (χ2n) is 8.44. The van der Waals surface area contributed by atoms with Crippen LogP contribution in [-0.2, 0) is 14.3 Å². The maximum absolute atomic E-state index is 12.5. The number of nitrogens with zero attached hydrogens (tertiary/aromatic N) is 1. The van der Waals surface area contributed by atoms with E-state index in [0.29, 0.717) is 32.0 Å². The fourth-order valence-electron chi connectivity index (χ4n) is 4.23. The first-order valence-electron chi connectivity index (χ1n) is 10.2. The smallest absolute Gasteiger partial charge is 0.248 e. The zero-order valence-electron chi connectivity index (χ0n) is 17.2. The van der Waals surface area contributed by atoms with Crippen molar-refractivity contribution in [1.82, 2.24) is 10.2 Å². The molecule has 2 aliphatic heterocycles. The van der Waals surface area contributed by atoms with Crippen molar-refractivity contribution in [2.75, 3.05) is 33.4 Å². The number of carbonyl (C=O) groups is 2. The minimum atomic E-state index is -0.304. The molecule has 28 heavy (non-hydrogen) atoms. The van der Waals surface area contributed by atoms with Crippen LogP contribution in [0.4, 0.5) is 0 Å². The van der Waals surface area contributed by atoms with E-state index in [2.05, 4.69) is 25.2 Å². The molecule has 1 saturated heterocycles. The third-order valence-electron chi connectivity index (χ3n) is 5.74. The summed E-state index contributed by atoms with van der Waals surface area (Å²) >= 11 is 0. The van der Waals surface area contributed by atoms with Crippen LogP contribution in [0.2, 0.25) is 0 Å². The Labute approximate surface area is 167 Å². The summed E-state index contributed by atoms with van der Waals surface area (Å²) in [4.78, 5) is 26.5. The number of benzene rings is 1. The number of amides is 2. The lowest BCUT2D eigenvalue weighted by atomic mass is 9.76. The maximum atomic E-state index is 12.5. The number of fused-ring (bicyclic) bond motifs is 1. The Kier molecular flexibility index (Phi) is 6.60. The Hall–Kier alpha value is -2.08. The van der Waals surface area contributed by atoms with Gasteiger partial charge in [0.1, 0.15) is 18.0 Å². The average Bonchev–Trinajstić information content (AvgIpc) is 2.67. The van der Waals surface area contributed by atoms with Crippen LogP contribution in [0.25, 0.3) is 0 Å². The van der Waals surface area contributed by atoms with Gasteiger partial charge in [-0.15, -0.1) is 0 Å². The molecule has 154 valence electrons. The Balaban J connectivity index is 1.70. The van der Waals surface area contributed by atoms with Gasteiger partial charge in [0.25, 0.3) is 0 Å². The van der Waals surface area contributed by atoms with Crippen molar-refractivity contribution in [3.05, 3.63) is 29.8 Å². The number of hydrogen-bond acceptors (Lipinski definition) is 4. The van der Waals surface area contributed by atoms with E-state index < -0.39 is 0 Å². The highest BCUT2D eigenvalue weighted by atomic mass is 16.5. The predicted octanol–water partition coefficient (Wildman–Crippen LogP) is 2.72. The number of ether oxygens (including phenoxy) is 2. The number of carbonyl (C=O) groups excluding carboxylic acids is 2. The van der Waals surface area contributed by atoms with Crippen LogP contribution in [0.3, 0.4) is 0 Å². The second-order valence-corrected chi connectivity index (χ2v) is 8.44. The van der Waals surface area contributed by atoms with E-state index in [1.165, 1.54) is 0 Å². The highest BCUT2D eigenvalue weighted by Crippen LogP contribution is 2.46. The minimum Gasteiger partial charge on any atom is -0.487 e. The molecule has 1 fully saturated rings. The summed E-state index contributed by atoms with van der Waals surface area (Å²) < 4.78 is 11.4. The summed E-state index contributed by atoms with van der Waals surface area (Å²) in [6.45, 7) is 6.34. The lowest BCUT2D eigenvalue weighted by Crippen LogP contribution is -2.52. The number of methoxy groups -OCH3 is 1. The van der Waals surface area contributed by atoms with Crippen LogP contribution in [0, 0.1) is 5.92 Å². The third kappa shape index (κ3) is 4.85. The molecule has 2 amide bonds. The fourth-order valence-corrected chi connectivity index (χ4v) is 4.23. The van der Waals surface area contributed by atoms with E-state index in [-0.39, 0.29) is 29.9 Å². The zero-order chi connectivity index (χ0) is 20.1. The lowest BCUT2D eigenvalue weighted by Gasteiger charge is -2.47. The van der Waals surface area contributed by atoms with E-state index in [9.17, 15) is 9.59 Å². The quantitative estimate of drug-likeness (QED) is 0.814. The molecule has 6 heteroatoms. The Bertz CT molecular complexity index is 696. The van der Waals surface area contributed by atoms with Crippen molar-refractivity contribution in [3.63, 3.8) is 0 Å². The normalized spacial score (nSPS) is 20.6. The monoisotopic (exact) mass is 388 g/mol. The average molecular weight is 389 g/mol. The highest BCUT2D eigenvalue weighted by molar-refractivity contribution is 5.78. The lowest BCUT2D eigenvalue weighted by molar-refractivity contribution is -0.139. The molecule has 0 aromatic heterocycles. The maximum Gasteiger partial charge on any atom is 0.248 e. The first-order valence-corrected chi connectivity index (χ1v) is 10.2. The topological polar surface area (TPSA) is 67.9 Å². The van der Waals surface area contributed by atoms with Gasteiger partial charge >= 0.3 is 0 Å². The molecule has 1 N–H and O–H groups in total. The predicted molar refractivity (Wildman–Crippen MR) is 107 cm³/mol. The molecule has 0 bridgehead atoms.